The number of benzene rings is 3. The van der Waals surface area contributed by atoms with Gasteiger partial charge in [-0.2, -0.15) is 4.98 Å². The van der Waals surface area contributed by atoms with Gasteiger partial charge >= 0.3 is 5.69 Å². The van der Waals surface area contributed by atoms with Crippen LogP contribution in [0.5, 0.6) is 5.75 Å². The molecule has 3 heterocycles. The minimum atomic E-state index is -0.571. The Kier molecular flexibility index (Phi) is 6.86. The van der Waals surface area contributed by atoms with E-state index in [0.717, 1.165) is 36.4 Å². The van der Waals surface area contributed by atoms with Crippen LogP contribution in [-0.2, 0) is 0 Å². The highest BCUT2D eigenvalue weighted by Gasteiger charge is 2.20. The number of hydrogen-bond acceptors (Lipinski definition) is 9. The summed E-state index contributed by atoms with van der Waals surface area (Å²) in [4.78, 5) is 41.1. The quantitative estimate of drug-likeness (QED) is 0.307. The van der Waals surface area contributed by atoms with Gasteiger partial charge in [-0.05, 0) is 49.5 Å². The van der Waals surface area contributed by atoms with E-state index >= 15 is 0 Å². The van der Waals surface area contributed by atoms with Crippen LogP contribution < -0.4 is 31.9 Å². The molecule has 0 saturated carbocycles. The number of hydrogen-bond donors (Lipinski definition) is 2. The molecule has 0 spiro atoms. The SMILES string of the molecule is COc1cc(N2CCN(C)CC2)ccc1Nc1ncc2c(=O)n(-c3ccccc3)c(=O)n(-c3cccc(N)c3)c2n1. The number of nitrogens with two attached hydrogens (primary N) is 1. The third-order valence-corrected chi connectivity index (χ3v) is 7.24. The van der Waals surface area contributed by atoms with Crippen molar-refractivity contribution in [2.45, 2.75) is 0 Å². The van der Waals surface area contributed by atoms with Gasteiger partial charge in [-0.25, -0.2) is 18.9 Å². The number of rotatable bonds is 6. The van der Waals surface area contributed by atoms with Crippen LogP contribution in [-0.4, -0.2) is 64.3 Å². The van der Waals surface area contributed by atoms with Crippen molar-refractivity contribution in [1.29, 1.82) is 0 Å². The Morgan fingerprint density at radius 3 is 2.34 bits per heavy atom. The Morgan fingerprint density at radius 2 is 1.61 bits per heavy atom. The predicted octanol–water partition coefficient (Wildman–Crippen LogP) is 3.02. The zero-order valence-electron chi connectivity index (χ0n) is 22.8. The van der Waals surface area contributed by atoms with Crippen molar-refractivity contribution in [2.24, 2.45) is 0 Å². The van der Waals surface area contributed by atoms with E-state index in [1.54, 1.807) is 55.6 Å². The van der Waals surface area contributed by atoms with E-state index in [4.69, 9.17) is 10.5 Å². The second-order valence-electron chi connectivity index (χ2n) is 9.92. The maximum Gasteiger partial charge on any atom is 0.341 e. The molecule has 208 valence electrons. The summed E-state index contributed by atoms with van der Waals surface area (Å²) >= 11 is 0. The summed E-state index contributed by atoms with van der Waals surface area (Å²) in [5, 5.41) is 3.38. The second-order valence-corrected chi connectivity index (χ2v) is 9.92. The van der Waals surface area contributed by atoms with E-state index in [0.29, 0.717) is 28.5 Å². The van der Waals surface area contributed by atoms with Gasteiger partial charge in [0.05, 0.1) is 24.2 Å². The topological polar surface area (TPSA) is 124 Å². The van der Waals surface area contributed by atoms with Crippen LogP contribution in [0.3, 0.4) is 0 Å². The molecule has 0 bridgehead atoms. The number of anilines is 4. The van der Waals surface area contributed by atoms with E-state index in [1.807, 2.05) is 24.3 Å². The normalized spacial score (nSPS) is 13.9. The minimum absolute atomic E-state index is 0.156. The lowest BCUT2D eigenvalue weighted by atomic mass is 10.2. The van der Waals surface area contributed by atoms with Crippen molar-refractivity contribution in [1.82, 2.24) is 24.0 Å². The molecule has 1 fully saturated rings. The van der Waals surface area contributed by atoms with Gasteiger partial charge in [0.25, 0.3) is 5.56 Å². The first-order chi connectivity index (χ1) is 19.9. The van der Waals surface area contributed by atoms with Crippen LogP contribution in [0.25, 0.3) is 22.4 Å². The average molecular weight is 551 g/mol. The molecule has 41 heavy (non-hydrogen) atoms. The second kappa shape index (κ2) is 10.8. The summed E-state index contributed by atoms with van der Waals surface area (Å²) in [5.41, 5.74) is 8.23. The lowest BCUT2D eigenvalue weighted by molar-refractivity contribution is 0.312. The number of piperazine rings is 1. The van der Waals surface area contributed by atoms with E-state index in [1.165, 1.54) is 10.8 Å². The molecule has 11 nitrogen and oxygen atoms in total. The molecule has 0 atom stereocenters. The number of aromatic nitrogens is 4. The van der Waals surface area contributed by atoms with Crippen molar-refractivity contribution in [3.63, 3.8) is 0 Å². The van der Waals surface area contributed by atoms with Crippen LogP contribution in [0, 0.1) is 0 Å². The number of methoxy groups -OCH3 is 1. The first-order valence-corrected chi connectivity index (χ1v) is 13.3. The summed E-state index contributed by atoms with van der Waals surface area (Å²) in [6.45, 7) is 3.85. The van der Waals surface area contributed by atoms with E-state index in [-0.39, 0.29) is 17.0 Å². The lowest BCUT2D eigenvalue weighted by Gasteiger charge is -2.34. The molecule has 5 aromatic rings. The highest BCUT2D eigenvalue weighted by molar-refractivity contribution is 5.78. The highest BCUT2D eigenvalue weighted by atomic mass is 16.5. The smallest absolute Gasteiger partial charge is 0.341 e. The number of nitrogen functional groups attached to an aromatic ring is 1. The number of likely N-dealkylation sites (N-methyl/N-ethyl adjacent to an activating group) is 1. The Bertz CT molecular complexity index is 1840. The molecular weight excluding hydrogens is 520 g/mol. The monoisotopic (exact) mass is 550 g/mol. The molecule has 0 amide bonds. The van der Waals surface area contributed by atoms with Gasteiger partial charge in [0, 0.05) is 49.8 Å². The molecule has 6 rings (SSSR count). The fraction of sp³-hybridized carbons (Fsp3) is 0.200. The maximum absolute atomic E-state index is 13.9. The van der Waals surface area contributed by atoms with Gasteiger partial charge < -0.3 is 25.6 Å². The molecule has 0 radical (unpaired) electrons. The number of para-hydroxylation sites is 1. The van der Waals surface area contributed by atoms with Crippen LogP contribution in [0.4, 0.5) is 23.0 Å². The van der Waals surface area contributed by atoms with E-state index in [2.05, 4.69) is 32.1 Å². The fourth-order valence-corrected chi connectivity index (χ4v) is 5.02. The van der Waals surface area contributed by atoms with Crippen molar-refractivity contribution < 1.29 is 4.74 Å². The molecule has 3 N–H and O–H groups in total. The first-order valence-electron chi connectivity index (χ1n) is 13.3. The molecule has 0 unspecified atom stereocenters. The fourth-order valence-electron chi connectivity index (χ4n) is 5.02. The zero-order chi connectivity index (χ0) is 28.5. The zero-order valence-corrected chi connectivity index (χ0v) is 22.8. The van der Waals surface area contributed by atoms with Gasteiger partial charge in [-0.3, -0.25) is 4.79 Å². The number of nitrogens with zero attached hydrogens (tertiary/aromatic N) is 6. The molecule has 1 saturated heterocycles. The van der Waals surface area contributed by atoms with Gasteiger partial charge in [0.2, 0.25) is 5.95 Å². The Hall–Kier alpha value is -5.16. The molecular formula is C30H30N8O3. The molecule has 3 aromatic carbocycles. The maximum atomic E-state index is 13.9. The standard InChI is InChI=1S/C30H30N8O3/c1-35-13-15-36(16-14-35)22-11-12-25(26(18-22)41-2)33-29-32-19-24-27(34-29)37(23-10-6-7-20(31)17-23)30(40)38(28(24)39)21-8-4-3-5-9-21/h3-12,17-19H,13-16,31H2,1-2H3,(H,32,33,34). The molecule has 0 aliphatic carbocycles. The summed E-state index contributed by atoms with van der Waals surface area (Å²) < 4.78 is 8.18. The third-order valence-electron chi connectivity index (χ3n) is 7.24. The van der Waals surface area contributed by atoms with Crippen LogP contribution >= 0.6 is 0 Å². The summed E-state index contributed by atoms with van der Waals surface area (Å²) in [6.07, 6.45) is 1.43. The summed E-state index contributed by atoms with van der Waals surface area (Å²) in [7, 11) is 3.73. The predicted molar refractivity (Wildman–Crippen MR) is 161 cm³/mol. The van der Waals surface area contributed by atoms with Gasteiger partial charge in [-0.1, -0.05) is 24.3 Å². The minimum Gasteiger partial charge on any atom is -0.494 e. The molecule has 11 heteroatoms. The number of ether oxygens (including phenoxy) is 1. The first kappa shape index (κ1) is 26.1. The molecule has 1 aliphatic rings. The van der Waals surface area contributed by atoms with Crippen molar-refractivity contribution in [2.75, 3.05) is 56.3 Å². The summed E-state index contributed by atoms with van der Waals surface area (Å²) in [5.74, 6) is 0.829. The Morgan fingerprint density at radius 1 is 0.854 bits per heavy atom. The van der Waals surface area contributed by atoms with Gasteiger partial charge in [0.1, 0.15) is 11.1 Å². The van der Waals surface area contributed by atoms with Crippen molar-refractivity contribution >= 4 is 34.0 Å². The van der Waals surface area contributed by atoms with Crippen molar-refractivity contribution in [3.8, 4) is 17.1 Å². The van der Waals surface area contributed by atoms with Crippen LogP contribution in [0.15, 0.2) is 88.6 Å². The van der Waals surface area contributed by atoms with Gasteiger partial charge in [-0.15, -0.1) is 0 Å². The lowest BCUT2D eigenvalue weighted by Crippen LogP contribution is -2.44. The van der Waals surface area contributed by atoms with E-state index in [9.17, 15) is 9.59 Å². The highest BCUT2D eigenvalue weighted by Crippen LogP contribution is 2.32. The van der Waals surface area contributed by atoms with E-state index < -0.39 is 11.2 Å². The van der Waals surface area contributed by atoms with Crippen LogP contribution in [0.1, 0.15) is 0 Å². The largest absolute Gasteiger partial charge is 0.494 e. The number of nitrogens with one attached hydrogen (secondary N) is 1. The third kappa shape index (κ3) is 4.98. The number of fused-ring (bicyclic) bond motifs is 1. The van der Waals surface area contributed by atoms with Gasteiger partial charge in [0.15, 0.2) is 5.65 Å². The average Bonchev–Trinajstić information content (AvgIpc) is 2.98. The Labute approximate surface area is 236 Å². The summed E-state index contributed by atoms with van der Waals surface area (Å²) in [6, 6.07) is 21.6. The Balaban J connectivity index is 1.46. The molecule has 1 aliphatic heterocycles. The van der Waals surface area contributed by atoms with Crippen molar-refractivity contribution in [3.05, 3.63) is 99.8 Å². The molecule has 2 aromatic heterocycles. The van der Waals surface area contributed by atoms with Crippen LogP contribution in [0.2, 0.25) is 0 Å².